The minimum atomic E-state index is -3.14. The van der Waals surface area contributed by atoms with E-state index in [1.165, 1.54) is 0 Å². The number of aliphatic hydroxyl groups excluding tert-OH is 1. The maximum Gasteiger partial charge on any atom is 0.171 e. The molecule has 0 spiro atoms. The molecule has 0 amide bonds. The Morgan fingerprint density at radius 3 is 2.76 bits per heavy atom. The summed E-state index contributed by atoms with van der Waals surface area (Å²) in [5.74, 6) is 1.65. The van der Waals surface area contributed by atoms with Gasteiger partial charge in [-0.05, 0) is 12.5 Å². The van der Waals surface area contributed by atoms with Crippen molar-refractivity contribution >= 4 is 27.3 Å². The van der Waals surface area contributed by atoms with E-state index in [9.17, 15) is 13.5 Å². The molecule has 4 nitrogen and oxygen atoms in total. The number of thioether (sulfide) groups is 1. The zero-order chi connectivity index (χ0) is 15.5. The lowest BCUT2D eigenvalue weighted by molar-refractivity contribution is 0.174. The Morgan fingerprint density at radius 1 is 1.38 bits per heavy atom. The third-order valence-corrected chi connectivity index (χ3v) is 7.18. The van der Waals surface area contributed by atoms with Gasteiger partial charge in [-0.2, -0.15) is 11.8 Å². The fraction of sp³-hybridized carbons (Fsp3) is 0.600. The Kier molecular flexibility index (Phi) is 5.57. The molecule has 1 saturated heterocycles. The predicted molar refractivity (Wildman–Crippen MR) is 89.6 cm³/mol. The van der Waals surface area contributed by atoms with E-state index < -0.39 is 21.3 Å². The maximum atomic E-state index is 12.4. The smallest absolute Gasteiger partial charge is 0.171 e. The Hall–Kier alpha value is -0.720. The third kappa shape index (κ3) is 3.55. The summed E-state index contributed by atoms with van der Waals surface area (Å²) in [6.45, 7) is 4.31. The molecule has 0 saturated carbocycles. The Morgan fingerprint density at radius 2 is 2.10 bits per heavy atom. The normalized spacial score (nSPS) is 21.3. The van der Waals surface area contributed by atoms with Crippen molar-refractivity contribution in [1.82, 2.24) is 0 Å². The van der Waals surface area contributed by atoms with Gasteiger partial charge in [-0.15, -0.1) is 0 Å². The van der Waals surface area contributed by atoms with Crippen molar-refractivity contribution in [2.24, 2.45) is 0 Å². The highest BCUT2D eigenvalue weighted by Gasteiger charge is 2.34. The molecule has 1 aromatic carbocycles. The summed E-state index contributed by atoms with van der Waals surface area (Å²) in [5, 5.41) is 9.71. The molecule has 1 fully saturated rings. The first-order valence-corrected chi connectivity index (χ1v) is 10.2. The van der Waals surface area contributed by atoms with Crippen molar-refractivity contribution in [3.8, 4) is 0 Å². The summed E-state index contributed by atoms with van der Waals surface area (Å²) in [6, 6.07) is 7.60. The quantitative estimate of drug-likeness (QED) is 0.899. The van der Waals surface area contributed by atoms with Gasteiger partial charge in [-0.3, -0.25) is 0 Å². The van der Waals surface area contributed by atoms with E-state index >= 15 is 0 Å². The molecule has 1 aliphatic rings. The SMILES string of the molecule is CCC(O)c1ccccc1N1CCSCC1S(=O)(=O)CC. The highest BCUT2D eigenvalue weighted by Crippen LogP contribution is 2.33. The van der Waals surface area contributed by atoms with Crippen LogP contribution in [0.25, 0.3) is 0 Å². The summed E-state index contributed by atoms with van der Waals surface area (Å²) in [4.78, 5) is 1.96. The molecule has 21 heavy (non-hydrogen) atoms. The van der Waals surface area contributed by atoms with E-state index in [0.717, 1.165) is 17.0 Å². The van der Waals surface area contributed by atoms with Gasteiger partial charge >= 0.3 is 0 Å². The zero-order valence-electron chi connectivity index (χ0n) is 12.5. The molecule has 1 aromatic rings. The number of nitrogens with zero attached hydrogens (tertiary/aromatic N) is 1. The van der Waals surface area contributed by atoms with Gasteiger partial charge in [0.15, 0.2) is 9.84 Å². The van der Waals surface area contributed by atoms with E-state index in [0.29, 0.717) is 18.7 Å². The first-order valence-electron chi connectivity index (χ1n) is 7.34. The lowest BCUT2D eigenvalue weighted by Gasteiger charge is -2.38. The van der Waals surface area contributed by atoms with Gasteiger partial charge in [-0.25, -0.2) is 8.42 Å². The van der Waals surface area contributed by atoms with Gasteiger partial charge in [0.2, 0.25) is 0 Å². The minimum Gasteiger partial charge on any atom is -0.388 e. The first kappa shape index (κ1) is 16.6. The topological polar surface area (TPSA) is 57.6 Å². The van der Waals surface area contributed by atoms with Crippen LogP contribution in [0, 0.1) is 0 Å². The lowest BCUT2D eigenvalue weighted by atomic mass is 10.0. The Labute approximate surface area is 131 Å². The average Bonchev–Trinajstić information content (AvgIpc) is 2.54. The molecule has 1 N–H and O–H groups in total. The number of sulfone groups is 1. The molecule has 1 heterocycles. The molecule has 0 radical (unpaired) electrons. The van der Waals surface area contributed by atoms with Crippen LogP contribution in [0.15, 0.2) is 24.3 Å². The molecule has 118 valence electrons. The van der Waals surface area contributed by atoms with Crippen LogP contribution in [0.5, 0.6) is 0 Å². The number of benzene rings is 1. The van der Waals surface area contributed by atoms with Crippen LogP contribution in [0.2, 0.25) is 0 Å². The Bertz CT molecular complexity index is 574. The lowest BCUT2D eigenvalue weighted by Crippen LogP contribution is -2.48. The molecule has 0 aliphatic carbocycles. The molecular weight excluding hydrogens is 306 g/mol. The van der Waals surface area contributed by atoms with Crippen molar-refractivity contribution in [3.63, 3.8) is 0 Å². The largest absolute Gasteiger partial charge is 0.388 e. The molecular formula is C15H23NO3S2. The second-order valence-electron chi connectivity index (χ2n) is 5.16. The van der Waals surface area contributed by atoms with Crippen LogP contribution >= 0.6 is 11.8 Å². The highest BCUT2D eigenvalue weighted by atomic mass is 32.2. The van der Waals surface area contributed by atoms with Crippen LogP contribution in [-0.2, 0) is 9.84 Å². The number of rotatable bonds is 5. The second kappa shape index (κ2) is 7.03. The van der Waals surface area contributed by atoms with Crippen molar-refractivity contribution in [2.45, 2.75) is 31.7 Å². The van der Waals surface area contributed by atoms with Gasteiger partial charge in [0, 0.05) is 35.1 Å². The number of hydrogen-bond donors (Lipinski definition) is 1. The fourth-order valence-corrected chi connectivity index (χ4v) is 5.58. The van der Waals surface area contributed by atoms with Gasteiger partial charge < -0.3 is 10.0 Å². The van der Waals surface area contributed by atoms with Crippen molar-refractivity contribution in [2.75, 3.05) is 28.7 Å². The highest BCUT2D eigenvalue weighted by molar-refractivity contribution is 8.01. The summed E-state index contributed by atoms with van der Waals surface area (Å²) in [6.07, 6.45) is 0.0610. The first-order chi connectivity index (χ1) is 10.0. The Balaban J connectivity index is 2.43. The van der Waals surface area contributed by atoms with Crippen molar-refractivity contribution in [1.29, 1.82) is 0 Å². The predicted octanol–water partition coefficient (Wildman–Crippen LogP) is 2.44. The van der Waals surface area contributed by atoms with Crippen molar-refractivity contribution in [3.05, 3.63) is 29.8 Å². The molecule has 2 unspecified atom stereocenters. The second-order valence-corrected chi connectivity index (χ2v) is 8.75. The van der Waals surface area contributed by atoms with E-state index in [4.69, 9.17) is 0 Å². The van der Waals surface area contributed by atoms with E-state index in [-0.39, 0.29) is 5.75 Å². The average molecular weight is 329 g/mol. The molecule has 2 atom stereocenters. The van der Waals surface area contributed by atoms with Crippen LogP contribution in [0.4, 0.5) is 5.69 Å². The zero-order valence-corrected chi connectivity index (χ0v) is 14.2. The molecule has 0 bridgehead atoms. The monoisotopic (exact) mass is 329 g/mol. The van der Waals surface area contributed by atoms with Crippen LogP contribution in [0.1, 0.15) is 31.9 Å². The summed E-state index contributed by atoms with van der Waals surface area (Å²) < 4.78 is 24.7. The number of para-hydroxylation sites is 1. The fourth-order valence-electron chi connectivity index (χ4n) is 2.60. The van der Waals surface area contributed by atoms with E-state index in [2.05, 4.69) is 0 Å². The number of aliphatic hydroxyl groups is 1. The van der Waals surface area contributed by atoms with Gasteiger partial charge in [0.25, 0.3) is 0 Å². The molecule has 0 aromatic heterocycles. The van der Waals surface area contributed by atoms with E-state index in [1.54, 1.807) is 18.7 Å². The van der Waals surface area contributed by atoms with E-state index in [1.807, 2.05) is 36.1 Å². The van der Waals surface area contributed by atoms with Crippen LogP contribution < -0.4 is 4.90 Å². The van der Waals surface area contributed by atoms with Gasteiger partial charge in [0.1, 0.15) is 5.37 Å². The molecule has 2 rings (SSSR count). The van der Waals surface area contributed by atoms with Gasteiger partial charge in [-0.1, -0.05) is 32.0 Å². The minimum absolute atomic E-state index is 0.146. The summed E-state index contributed by atoms with van der Waals surface area (Å²) in [5.41, 5.74) is 1.68. The maximum absolute atomic E-state index is 12.4. The summed E-state index contributed by atoms with van der Waals surface area (Å²) in [7, 11) is -3.14. The third-order valence-electron chi connectivity index (χ3n) is 3.89. The molecule has 6 heteroatoms. The van der Waals surface area contributed by atoms with Gasteiger partial charge in [0.05, 0.1) is 6.10 Å². The number of hydrogen-bond acceptors (Lipinski definition) is 5. The molecule has 1 aliphatic heterocycles. The van der Waals surface area contributed by atoms with Crippen molar-refractivity contribution < 1.29 is 13.5 Å². The summed E-state index contributed by atoms with van der Waals surface area (Å²) >= 11 is 1.68. The van der Waals surface area contributed by atoms with Crippen LogP contribution in [0.3, 0.4) is 0 Å². The number of anilines is 1. The van der Waals surface area contributed by atoms with Crippen LogP contribution in [-0.4, -0.2) is 42.7 Å². The standard InChI is InChI=1S/C15H23NO3S2/c1-3-14(17)12-7-5-6-8-13(12)16-9-10-20-11-15(16)21(18,19)4-2/h5-8,14-15,17H,3-4,9-11H2,1-2H3.